The van der Waals surface area contributed by atoms with Crippen LogP contribution < -0.4 is 11.1 Å². The van der Waals surface area contributed by atoms with Gasteiger partial charge in [0.2, 0.25) is 0 Å². The first kappa shape index (κ1) is 12.9. The van der Waals surface area contributed by atoms with Gasteiger partial charge in [-0.2, -0.15) is 5.10 Å². The number of carbonyl (C=O) groups is 1. The largest absolute Gasteiger partial charge is 0.349 e. The number of hydrogen-bond acceptors (Lipinski definition) is 3. The van der Waals surface area contributed by atoms with Crippen molar-refractivity contribution >= 4 is 5.91 Å². The van der Waals surface area contributed by atoms with E-state index < -0.39 is 0 Å². The number of H-pyrrole nitrogens is 1. The van der Waals surface area contributed by atoms with E-state index in [0.29, 0.717) is 12.1 Å². The van der Waals surface area contributed by atoms with Crippen LogP contribution in [0.3, 0.4) is 0 Å². The van der Waals surface area contributed by atoms with Crippen molar-refractivity contribution in [3.05, 3.63) is 52.8 Å². The molecule has 4 N–H and O–H groups in total. The Hall–Kier alpha value is -2.14. The van der Waals surface area contributed by atoms with Crippen LogP contribution in [0.15, 0.2) is 30.5 Å². The number of rotatable bonds is 3. The predicted octanol–water partition coefficient (Wildman–Crippen LogP) is 1.16. The molecular weight excluding hydrogens is 252 g/mol. The van der Waals surface area contributed by atoms with Crippen molar-refractivity contribution in [2.45, 2.75) is 31.8 Å². The first-order chi connectivity index (χ1) is 9.76. The molecule has 1 aliphatic rings. The van der Waals surface area contributed by atoms with Crippen molar-refractivity contribution in [2.75, 3.05) is 0 Å². The first-order valence-electron chi connectivity index (χ1n) is 6.87. The number of nitrogens with one attached hydrogen (secondary N) is 2. The summed E-state index contributed by atoms with van der Waals surface area (Å²) < 4.78 is 0. The third-order valence-corrected chi connectivity index (χ3v) is 3.78. The molecule has 0 spiro atoms. The molecule has 5 nitrogen and oxygen atoms in total. The number of carbonyl (C=O) groups excluding carboxylic acids is 1. The minimum Gasteiger partial charge on any atom is -0.349 e. The predicted molar refractivity (Wildman–Crippen MR) is 76.2 cm³/mol. The summed E-state index contributed by atoms with van der Waals surface area (Å²) in [6.07, 6.45) is 4.60. The third-order valence-electron chi connectivity index (χ3n) is 3.78. The number of amides is 1. The maximum Gasteiger partial charge on any atom is 0.251 e. The number of fused-ring (bicyclic) bond motifs is 1. The molecule has 20 heavy (non-hydrogen) atoms. The molecule has 5 heteroatoms. The van der Waals surface area contributed by atoms with Crippen LogP contribution in [0.25, 0.3) is 0 Å². The smallest absolute Gasteiger partial charge is 0.251 e. The van der Waals surface area contributed by atoms with Crippen molar-refractivity contribution in [2.24, 2.45) is 5.73 Å². The number of aromatic nitrogens is 2. The Balaban J connectivity index is 1.67. The summed E-state index contributed by atoms with van der Waals surface area (Å²) >= 11 is 0. The van der Waals surface area contributed by atoms with Crippen molar-refractivity contribution in [3.63, 3.8) is 0 Å². The third kappa shape index (κ3) is 2.58. The zero-order valence-electron chi connectivity index (χ0n) is 11.2. The summed E-state index contributed by atoms with van der Waals surface area (Å²) in [6.45, 7) is 0.446. The summed E-state index contributed by atoms with van der Waals surface area (Å²) in [5.74, 6) is -0.0340. The molecule has 1 aromatic carbocycles. The van der Waals surface area contributed by atoms with Crippen LogP contribution in [0.2, 0.25) is 0 Å². The van der Waals surface area contributed by atoms with Gasteiger partial charge in [-0.25, -0.2) is 0 Å². The Morgan fingerprint density at radius 3 is 3.25 bits per heavy atom. The van der Waals surface area contributed by atoms with Gasteiger partial charge >= 0.3 is 0 Å². The van der Waals surface area contributed by atoms with Gasteiger partial charge in [0.1, 0.15) is 0 Å². The van der Waals surface area contributed by atoms with E-state index in [1.807, 2.05) is 30.5 Å². The second-order valence-electron chi connectivity index (χ2n) is 5.19. The number of benzene rings is 1. The van der Waals surface area contributed by atoms with Gasteiger partial charge < -0.3 is 11.1 Å². The van der Waals surface area contributed by atoms with E-state index in [0.717, 1.165) is 30.5 Å². The fourth-order valence-electron chi connectivity index (χ4n) is 2.64. The van der Waals surface area contributed by atoms with E-state index in [1.54, 1.807) is 0 Å². The highest BCUT2D eigenvalue weighted by Gasteiger charge is 2.21. The highest BCUT2D eigenvalue weighted by atomic mass is 16.1. The summed E-state index contributed by atoms with van der Waals surface area (Å²) in [5.41, 5.74) is 9.64. The minimum absolute atomic E-state index is 0.0340. The minimum atomic E-state index is -0.0340. The lowest BCUT2D eigenvalue weighted by Crippen LogP contribution is -2.38. The van der Waals surface area contributed by atoms with Crippen LogP contribution in [0.4, 0.5) is 0 Å². The van der Waals surface area contributed by atoms with Crippen molar-refractivity contribution in [3.8, 4) is 0 Å². The molecule has 0 saturated carbocycles. The van der Waals surface area contributed by atoms with Gasteiger partial charge in [0, 0.05) is 30.3 Å². The van der Waals surface area contributed by atoms with E-state index in [4.69, 9.17) is 5.73 Å². The Morgan fingerprint density at radius 2 is 2.40 bits per heavy atom. The summed E-state index contributed by atoms with van der Waals surface area (Å²) in [5, 5.41) is 10.1. The van der Waals surface area contributed by atoms with E-state index in [-0.39, 0.29) is 11.9 Å². The van der Waals surface area contributed by atoms with Gasteiger partial charge in [-0.15, -0.1) is 0 Å². The topological polar surface area (TPSA) is 83.8 Å². The van der Waals surface area contributed by atoms with E-state index in [1.165, 1.54) is 5.56 Å². The van der Waals surface area contributed by atoms with Gasteiger partial charge in [0.15, 0.2) is 0 Å². The standard InChI is InChI=1S/C15H18N4O/c16-8-10-2-1-3-11(6-10)15(20)18-13-5-4-12-9-17-19-14(12)7-13/h1-3,6,9,13H,4-5,7-8,16H2,(H,17,19)(H,18,20). The average molecular weight is 270 g/mol. The number of aryl methyl sites for hydroxylation is 1. The number of nitrogens with two attached hydrogens (primary N) is 1. The molecule has 1 aromatic heterocycles. The molecule has 1 amide bonds. The van der Waals surface area contributed by atoms with Gasteiger partial charge in [0.25, 0.3) is 5.91 Å². The van der Waals surface area contributed by atoms with Crippen LogP contribution in [0, 0.1) is 0 Å². The zero-order valence-corrected chi connectivity index (χ0v) is 11.2. The second kappa shape index (κ2) is 5.46. The Morgan fingerprint density at radius 1 is 1.50 bits per heavy atom. The van der Waals surface area contributed by atoms with Gasteiger partial charge in [-0.3, -0.25) is 9.89 Å². The summed E-state index contributed by atoms with van der Waals surface area (Å²) in [6, 6.07) is 7.62. The molecule has 1 atom stereocenters. The molecule has 0 saturated heterocycles. The van der Waals surface area contributed by atoms with Crippen LogP contribution in [0.5, 0.6) is 0 Å². The fourth-order valence-corrected chi connectivity index (χ4v) is 2.64. The van der Waals surface area contributed by atoms with Gasteiger partial charge in [0.05, 0.1) is 6.20 Å². The summed E-state index contributed by atoms with van der Waals surface area (Å²) in [7, 11) is 0. The first-order valence-corrected chi connectivity index (χ1v) is 6.87. The zero-order chi connectivity index (χ0) is 13.9. The Labute approximate surface area is 117 Å². The molecule has 0 radical (unpaired) electrons. The normalized spacial score (nSPS) is 17.6. The molecule has 3 rings (SSSR count). The van der Waals surface area contributed by atoms with Gasteiger partial charge in [-0.1, -0.05) is 12.1 Å². The molecule has 1 heterocycles. The molecule has 0 fully saturated rings. The lowest BCUT2D eigenvalue weighted by atomic mass is 9.93. The molecule has 104 valence electrons. The maximum absolute atomic E-state index is 12.3. The second-order valence-corrected chi connectivity index (χ2v) is 5.19. The van der Waals surface area contributed by atoms with Crippen molar-refractivity contribution in [1.29, 1.82) is 0 Å². The number of hydrogen-bond donors (Lipinski definition) is 3. The molecule has 0 aliphatic heterocycles. The van der Waals surface area contributed by atoms with Crippen molar-refractivity contribution in [1.82, 2.24) is 15.5 Å². The highest BCUT2D eigenvalue weighted by molar-refractivity contribution is 5.94. The van der Waals surface area contributed by atoms with Crippen LogP contribution in [-0.2, 0) is 19.4 Å². The lowest BCUT2D eigenvalue weighted by Gasteiger charge is -2.22. The SMILES string of the molecule is NCc1cccc(C(=O)NC2CCc3cn[nH]c3C2)c1. The number of nitrogens with zero attached hydrogens (tertiary/aromatic N) is 1. The maximum atomic E-state index is 12.3. The van der Waals surface area contributed by atoms with Gasteiger partial charge in [-0.05, 0) is 36.1 Å². The molecule has 0 bridgehead atoms. The van der Waals surface area contributed by atoms with E-state index >= 15 is 0 Å². The van der Waals surface area contributed by atoms with E-state index in [2.05, 4.69) is 15.5 Å². The van der Waals surface area contributed by atoms with Crippen molar-refractivity contribution < 1.29 is 4.79 Å². The highest BCUT2D eigenvalue weighted by Crippen LogP contribution is 2.19. The Kier molecular flexibility index (Phi) is 3.52. The molecular formula is C15H18N4O. The fraction of sp³-hybridized carbons (Fsp3) is 0.333. The van der Waals surface area contributed by atoms with Crippen LogP contribution in [-0.4, -0.2) is 22.1 Å². The van der Waals surface area contributed by atoms with E-state index in [9.17, 15) is 4.79 Å². The molecule has 1 aliphatic carbocycles. The molecule has 2 aromatic rings. The number of aromatic amines is 1. The Bertz CT molecular complexity index is 620. The lowest BCUT2D eigenvalue weighted by molar-refractivity contribution is 0.0933. The van der Waals surface area contributed by atoms with Crippen LogP contribution in [0.1, 0.15) is 33.6 Å². The van der Waals surface area contributed by atoms with Crippen LogP contribution >= 0.6 is 0 Å². The quantitative estimate of drug-likeness (QED) is 0.782. The summed E-state index contributed by atoms with van der Waals surface area (Å²) in [4.78, 5) is 12.3. The monoisotopic (exact) mass is 270 g/mol. The molecule has 1 unspecified atom stereocenters. The average Bonchev–Trinajstić information content (AvgIpc) is 2.95.